The van der Waals surface area contributed by atoms with Crippen LogP contribution in [0.2, 0.25) is 25.2 Å². The van der Waals surface area contributed by atoms with Gasteiger partial charge in [-0.15, -0.1) is 6.58 Å². The van der Waals surface area contributed by atoms with Crippen LogP contribution in [-0.4, -0.2) is 62.8 Å². The molecule has 2 N–H and O–H groups in total. The number of aliphatic hydroxyl groups is 1. The monoisotopic (exact) mass is 401 g/mol. The van der Waals surface area contributed by atoms with E-state index in [0.717, 1.165) is 0 Å². The van der Waals surface area contributed by atoms with Crippen LogP contribution in [0.1, 0.15) is 27.7 Å². The van der Waals surface area contributed by atoms with E-state index in [1.165, 1.54) is 0 Å². The van der Waals surface area contributed by atoms with E-state index in [1.807, 2.05) is 6.92 Å². The van der Waals surface area contributed by atoms with Crippen molar-refractivity contribution in [1.29, 1.82) is 0 Å². The van der Waals surface area contributed by atoms with Gasteiger partial charge in [-0.3, -0.25) is 0 Å². The van der Waals surface area contributed by atoms with Crippen molar-refractivity contribution in [2.24, 2.45) is 5.41 Å². The summed E-state index contributed by atoms with van der Waals surface area (Å²) in [5.41, 5.74) is -1.11. The number of fused-ring (bicyclic) bond motifs is 3. The molecule has 3 fully saturated rings. The summed E-state index contributed by atoms with van der Waals surface area (Å²) in [5.74, 6) is -1.53. The first-order valence-electron chi connectivity index (χ1n) is 9.43. The first-order valence-corrected chi connectivity index (χ1v) is 13.0. The minimum absolute atomic E-state index is 0.210. The molecule has 3 saturated heterocycles. The first kappa shape index (κ1) is 22.4. The Bertz CT molecular complexity index is 543. The van der Waals surface area contributed by atoms with Gasteiger partial charge in [0.2, 0.25) is 0 Å². The van der Waals surface area contributed by atoms with Gasteiger partial charge in [-0.2, -0.15) is 0 Å². The van der Waals surface area contributed by atoms with E-state index < -0.39 is 37.9 Å². The second-order valence-electron chi connectivity index (χ2n) is 10.0. The lowest BCUT2D eigenvalue weighted by Crippen LogP contribution is -2.71. The number of carbonyl (C=O) groups is 1. The fourth-order valence-electron chi connectivity index (χ4n) is 3.37. The fraction of sp³-hybridized carbons (Fsp3) is 0.842. The third-order valence-electron chi connectivity index (χ3n) is 4.88. The van der Waals surface area contributed by atoms with Gasteiger partial charge in [-0.25, -0.2) is 4.79 Å². The summed E-state index contributed by atoms with van der Waals surface area (Å²) in [6.07, 6.45) is 0.0886. The van der Waals surface area contributed by atoms with Gasteiger partial charge in [0.25, 0.3) is 0 Å². The van der Waals surface area contributed by atoms with Crippen molar-refractivity contribution in [3.05, 3.63) is 12.7 Å². The molecule has 3 rings (SSSR count). The maximum absolute atomic E-state index is 12.5. The van der Waals surface area contributed by atoms with E-state index in [9.17, 15) is 9.90 Å². The molecule has 0 radical (unpaired) electrons. The van der Waals surface area contributed by atoms with E-state index in [-0.39, 0.29) is 11.0 Å². The fourth-order valence-corrected chi connectivity index (χ4v) is 5.30. The highest BCUT2D eigenvalue weighted by Crippen LogP contribution is 2.43. The molecular weight excluding hydrogens is 366 g/mol. The number of rotatable bonds is 6. The largest absolute Gasteiger partial charge is 0.444 e. The molecule has 8 heteroatoms. The summed E-state index contributed by atoms with van der Waals surface area (Å²) >= 11 is 0. The highest BCUT2D eigenvalue weighted by atomic mass is 28.3. The Morgan fingerprint density at radius 1 is 1.22 bits per heavy atom. The third kappa shape index (κ3) is 5.11. The summed E-state index contributed by atoms with van der Waals surface area (Å²) in [4.78, 5) is 12.5. The lowest BCUT2D eigenvalue weighted by atomic mass is 9.90. The average Bonchev–Trinajstić information content (AvgIpc) is 2.51. The molecule has 3 heterocycles. The Hall–Kier alpha value is -0.933. The number of amides is 1. The van der Waals surface area contributed by atoms with Crippen molar-refractivity contribution in [2.45, 2.75) is 76.6 Å². The summed E-state index contributed by atoms with van der Waals surface area (Å²) in [7, 11) is -1.85. The normalized spacial score (nSPS) is 31.7. The lowest BCUT2D eigenvalue weighted by Gasteiger charge is -2.54. The Balaban J connectivity index is 2.31. The molecule has 7 nitrogen and oxygen atoms in total. The summed E-state index contributed by atoms with van der Waals surface area (Å²) in [6, 6.07) is -0.952. The molecule has 0 spiro atoms. The molecule has 0 aromatic carbocycles. The van der Waals surface area contributed by atoms with Gasteiger partial charge in [0.1, 0.15) is 11.6 Å². The van der Waals surface area contributed by atoms with Crippen molar-refractivity contribution in [3.63, 3.8) is 0 Å². The Morgan fingerprint density at radius 2 is 1.70 bits per heavy atom. The molecule has 3 aliphatic rings. The van der Waals surface area contributed by atoms with Crippen LogP contribution in [0.15, 0.2) is 12.7 Å². The highest BCUT2D eigenvalue weighted by Gasteiger charge is 2.59. The maximum Gasteiger partial charge on any atom is 0.408 e. The molecule has 0 aliphatic carbocycles. The van der Waals surface area contributed by atoms with Crippen molar-refractivity contribution >= 4 is 14.2 Å². The minimum atomic E-state index is -1.85. The molecule has 0 saturated carbocycles. The molecule has 0 unspecified atom stereocenters. The summed E-state index contributed by atoms with van der Waals surface area (Å²) in [6.45, 7) is 18.9. The van der Waals surface area contributed by atoms with E-state index in [4.69, 9.17) is 18.9 Å². The van der Waals surface area contributed by atoms with Crippen molar-refractivity contribution in [3.8, 4) is 0 Å². The van der Waals surface area contributed by atoms with Crippen LogP contribution < -0.4 is 5.32 Å². The van der Waals surface area contributed by atoms with E-state index >= 15 is 0 Å². The zero-order valence-electron chi connectivity index (χ0n) is 17.6. The molecule has 0 aromatic rings. The number of ether oxygens (including phenoxy) is 4. The van der Waals surface area contributed by atoms with Gasteiger partial charge < -0.3 is 29.4 Å². The number of alkyl carbamates (subject to hydrolysis) is 1. The molecule has 3 atom stereocenters. The van der Waals surface area contributed by atoms with Gasteiger partial charge in [0.05, 0.1) is 34.0 Å². The van der Waals surface area contributed by atoms with Crippen LogP contribution in [0, 0.1) is 5.41 Å². The van der Waals surface area contributed by atoms with Crippen LogP contribution in [0.4, 0.5) is 4.79 Å². The molecule has 1 amide bonds. The van der Waals surface area contributed by atoms with Gasteiger partial charge in [0.15, 0.2) is 0 Å². The number of hydrogen-bond donors (Lipinski definition) is 2. The van der Waals surface area contributed by atoms with Crippen LogP contribution >= 0.6 is 0 Å². The molecule has 2 bridgehead atoms. The van der Waals surface area contributed by atoms with Gasteiger partial charge in [0, 0.05) is 5.41 Å². The van der Waals surface area contributed by atoms with Crippen molar-refractivity contribution in [2.75, 3.05) is 19.8 Å². The summed E-state index contributed by atoms with van der Waals surface area (Å²) in [5, 5.41) is 14.0. The number of hydrogen-bond acceptors (Lipinski definition) is 6. The number of carbonyl (C=O) groups excluding carboxylic acids is 1. The second kappa shape index (κ2) is 7.48. The maximum atomic E-state index is 12.5. The molecule has 156 valence electrons. The molecule has 3 aliphatic heterocycles. The highest BCUT2D eigenvalue weighted by molar-refractivity contribution is 6.78. The quantitative estimate of drug-likeness (QED) is 0.526. The Kier molecular flexibility index (Phi) is 6.19. The molecule has 27 heavy (non-hydrogen) atoms. The van der Waals surface area contributed by atoms with Gasteiger partial charge in [-0.05, 0) is 26.3 Å². The van der Waals surface area contributed by atoms with E-state index in [2.05, 4.69) is 31.5 Å². The minimum Gasteiger partial charge on any atom is -0.444 e. The van der Waals surface area contributed by atoms with Crippen LogP contribution in [0.3, 0.4) is 0 Å². The summed E-state index contributed by atoms with van der Waals surface area (Å²) < 4.78 is 23.1. The topological polar surface area (TPSA) is 86.3 Å². The molecular formula is C19H35NO6Si. The van der Waals surface area contributed by atoms with E-state index in [1.54, 1.807) is 26.8 Å². The predicted octanol–water partition coefficient (Wildman–Crippen LogP) is 2.87. The third-order valence-corrected chi connectivity index (χ3v) is 7.46. The van der Waals surface area contributed by atoms with E-state index in [0.29, 0.717) is 19.8 Å². The predicted molar refractivity (Wildman–Crippen MR) is 105 cm³/mol. The second-order valence-corrected chi connectivity index (χ2v) is 15.4. The van der Waals surface area contributed by atoms with Gasteiger partial charge in [-0.1, -0.05) is 32.6 Å². The van der Waals surface area contributed by atoms with Crippen molar-refractivity contribution in [1.82, 2.24) is 5.32 Å². The van der Waals surface area contributed by atoms with Gasteiger partial charge >= 0.3 is 12.1 Å². The Morgan fingerprint density at radius 3 is 2.07 bits per heavy atom. The van der Waals surface area contributed by atoms with Crippen LogP contribution in [0.25, 0.3) is 0 Å². The zero-order chi connectivity index (χ0) is 20.7. The van der Waals surface area contributed by atoms with Crippen LogP contribution in [-0.2, 0) is 18.9 Å². The zero-order valence-corrected chi connectivity index (χ0v) is 18.6. The Labute approximate surface area is 163 Å². The molecule has 0 aromatic heterocycles. The lowest BCUT2D eigenvalue weighted by molar-refractivity contribution is -0.477. The van der Waals surface area contributed by atoms with Crippen molar-refractivity contribution < 1.29 is 28.8 Å². The average molecular weight is 402 g/mol. The SMILES string of the molecule is C=C[C@@H]([C@H](O)[C@H](NC(=O)OC(C)(C)C)C12OCC(C)(CO1)CO2)[Si](C)(C)C. The standard InChI is InChI=1S/C19H35NO6Si/c1-9-13(27(6,7)8)14(21)15(20-16(22)26-17(2,3)4)19-23-10-18(5,11-24-19)12-25-19/h9,13-15,21H,1,10-12H2,2-8H3,(H,20,22)/t13-,14-,15-,18?,19?/m0/s1. The number of nitrogens with one attached hydrogen (secondary N) is 1. The first-order chi connectivity index (χ1) is 12.2. The van der Waals surface area contributed by atoms with Crippen LogP contribution in [0.5, 0.6) is 0 Å². The smallest absolute Gasteiger partial charge is 0.408 e. The number of aliphatic hydroxyl groups excluding tert-OH is 1.